The Labute approximate surface area is 213 Å². The van der Waals surface area contributed by atoms with Gasteiger partial charge in [0.05, 0.1) is 24.4 Å². The van der Waals surface area contributed by atoms with Gasteiger partial charge in [-0.3, -0.25) is 4.79 Å². The quantitative estimate of drug-likeness (QED) is 0.601. The summed E-state index contributed by atoms with van der Waals surface area (Å²) in [6, 6.07) is -10.6. The van der Waals surface area contributed by atoms with E-state index in [1.54, 1.807) is 0 Å². The molecule has 2 N–H and O–H groups in total. The molecule has 3 aromatic rings. The highest BCUT2D eigenvalue weighted by molar-refractivity contribution is 5.91. The minimum absolute atomic E-state index is 0.0558. The molecular weight excluding hydrogens is 396 g/mol. The summed E-state index contributed by atoms with van der Waals surface area (Å²) < 4.78 is 149. The summed E-state index contributed by atoms with van der Waals surface area (Å²) in [5.74, 6) is -2.95. The lowest BCUT2D eigenvalue weighted by Crippen LogP contribution is -2.49. The maximum Gasteiger partial charge on any atom is 0.232 e. The van der Waals surface area contributed by atoms with Crippen LogP contribution >= 0.6 is 0 Å². The van der Waals surface area contributed by atoms with Crippen molar-refractivity contribution < 1.29 is 32.8 Å². The van der Waals surface area contributed by atoms with Crippen molar-refractivity contribution >= 4 is 5.91 Å². The van der Waals surface area contributed by atoms with E-state index in [2.05, 4.69) is 0 Å². The lowest BCUT2D eigenvalue weighted by atomic mass is 9.64. The molecule has 0 unspecified atom stereocenters. The third-order valence-corrected chi connectivity index (χ3v) is 5.79. The molecule has 0 aliphatic carbocycles. The Morgan fingerprint density at radius 3 is 2.47 bits per heavy atom. The number of carbonyl (C=O) groups is 1. The fraction of sp³-hybridized carbons (Fsp3) is 0.321. The second-order valence-corrected chi connectivity index (χ2v) is 7.49. The number of fused-ring (bicyclic) bond motifs is 1. The number of amides is 1. The molecule has 1 saturated heterocycles. The maximum absolute atomic E-state index is 13.9. The van der Waals surface area contributed by atoms with Crippen molar-refractivity contribution in [2.24, 2.45) is 11.7 Å². The van der Waals surface area contributed by atoms with Gasteiger partial charge in [-0.25, -0.2) is 0 Å². The normalized spacial score (nSPS) is 27.9. The number of carbonyl (C=O) groups excluding carboxylic acids is 1. The molecule has 2 heterocycles. The second kappa shape index (κ2) is 8.79. The summed E-state index contributed by atoms with van der Waals surface area (Å²) in [5, 5.41) is 0. The SMILES string of the molecule is [2H]c1c([2H])c([2H])c(C(C(N)=O)(c2c([2H])c([2H])c([2H])c([2H])c2[2H])[C@@H]2CCN(CC([2H])([2H])c3c([2H])c([2H])c4c(c3[2H])C([2H])([2H])CO4)C2)c([2H])c1[2H]. The summed E-state index contributed by atoms with van der Waals surface area (Å²) in [6.07, 6.45) is -4.93. The number of primary amides is 1. The van der Waals surface area contributed by atoms with Crippen LogP contribution in [0.2, 0.25) is 0 Å². The van der Waals surface area contributed by atoms with Crippen LogP contribution in [0.25, 0.3) is 0 Å². The molecule has 2 aliphatic rings. The molecule has 32 heavy (non-hydrogen) atoms. The van der Waals surface area contributed by atoms with Gasteiger partial charge in [0.25, 0.3) is 0 Å². The van der Waals surface area contributed by atoms with E-state index in [9.17, 15) is 4.79 Å². The number of benzene rings is 3. The molecule has 4 nitrogen and oxygen atoms in total. The summed E-state index contributed by atoms with van der Waals surface area (Å²) in [6.45, 7) is -1.52. The predicted octanol–water partition coefficient (Wildman–Crippen LogP) is 3.96. The van der Waals surface area contributed by atoms with Crippen molar-refractivity contribution in [2.45, 2.75) is 24.6 Å². The van der Waals surface area contributed by atoms with Gasteiger partial charge in [0, 0.05) is 24.9 Å². The maximum atomic E-state index is 13.9. The molecule has 5 rings (SSSR count). The van der Waals surface area contributed by atoms with Gasteiger partial charge in [-0.15, -0.1) is 0 Å². The van der Waals surface area contributed by atoms with Gasteiger partial charge in [0.2, 0.25) is 5.91 Å². The molecular formula is C28H30N2O2. The summed E-state index contributed by atoms with van der Waals surface area (Å²) in [7, 11) is 0. The summed E-state index contributed by atoms with van der Waals surface area (Å²) >= 11 is 0. The predicted molar refractivity (Wildman–Crippen MR) is 127 cm³/mol. The van der Waals surface area contributed by atoms with Crippen LogP contribution in [0.15, 0.2) is 78.6 Å². The molecule has 1 atom stereocenters. The van der Waals surface area contributed by atoms with E-state index >= 15 is 0 Å². The minimum atomic E-state index is -2.63. The van der Waals surface area contributed by atoms with E-state index in [4.69, 9.17) is 33.8 Å². The van der Waals surface area contributed by atoms with Crippen molar-refractivity contribution in [3.05, 3.63) is 101 Å². The highest BCUT2D eigenvalue weighted by atomic mass is 16.5. The Balaban J connectivity index is 1.70. The molecule has 4 heteroatoms. The minimum Gasteiger partial charge on any atom is -0.493 e. The Kier molecular flexibility index (Phi) is 2.48. The number of rotatable bonds is 7. The van der Waals surface area contributed by atoms with Crippen LogP contribution in [0.1, 0.15) is 52.0 Å². The van der Waals surface area contributed by atoms with E-state index in [1.807, 2.05) is 0 Å². The Morgan fingerprint density at radius 2 is 1.81 bits per heavy atom. The largest absolute Gasteiger partial charge is 0.493 e. The van der Waals surface area contributed by atoms with Gasteiger partial charge in [0.15, 0.2) is 0 Å². The Morgan fingerprint density at radius 1 is 1.12 bits per heavy atom. The summed E-state index contributed by atoms with van der Waals surface area (Å²) in [5.41, 5.74) is 1.07. The molecule has 2 aliphatic heterocycles. The molecule has 3 aromatic carbocycles. The zero-order valence-corrected chi connectivity index (χ0v) is 17.0. The average molecular weight is 444 g/mol. The lowest BCUT2D eigenvalue weighted by Gasteiger charge is -2.37. The van der Waals surface area contributed by atoms with Gasteiger partial charge >= 0.3 is 0 Å². The summed E-state index contributed by atoms with van der Waals surface area (Å²) in [4.78, 5) is 15.3. The smallest absolute Gasteiger partial charge is 0.232 e. The topological polar surface area (TPSA) is 55.6 Å². The Hall–Kier alpha value is -3.11. The van der Waals surface area contributed by atoms with E-state index < -0.39 is 138 Å². The van der Waals surface area contributed by atoms with Crippen molar-refractivity contribution in [1.29, 1.82) is 0 Å². The van der Waals surface area contributed by atoms with Crippen LogP contribution in [0.3, 0.4) is 0 Å². The number of likely N-dealkylation sites (tertiary alicyclic amines) is 1. The molecule has 1 fully saturated rings. The van der Waals surface area contributed by atoms with E-state index in [0.717, 1.165) is 0 Å². The molecule has 0 spiro atoms. The number of hydrogen-bond donors (Lipinski definition) is 1. The van der Waals surface area contributed by atoms with Crippen LogP contribution < -0.4 is 10.5 Å². The third-order valence-electron chi connectivity index (χ3n) is 5.79. The second-order valence-electron chi connectivity index (χ2n) is 7.49. The van der Waals surface area contributed by atoms with Crippen LogP contribution in [0.4, 0.5) is 0 Å². The van der Waals surface area contributed by atoms with Crippen molar-refractivity contribution in [1.82, 2.24) is 4.90 Å². The van der Waals surface area contributed by atoms with E-state index in [0.29, 0.717) is 0 Å². The fourth-order valence-corrected chi connectivity index (χ4v) is 4.29. The van der Waals surface area contributed by atoms with Gasteiger partial charge in [-0.2, -0.15) is 0 Å². The van der Waals surface area contributed by atoms with Gasteiger partial charge in [-0.05, 0) is 53.6 Å². The molecule has 1 amide bonds. The van der Waals surface area contributed by atoms with Gasteiger partial charge in [0.1, 0.15) is 11.2 Å². The van der Waals surface area contributed by atoms with Crippen LogP contribution in [0.5, 0.6) is 5.75 Å². The number of ether oxygens (including phenoxy) is 1. The highest BCUT2D eigenvalue weighted by Gasteiger charge is 2.49. The Bertz CT molecular complexity index is 1800. The van der Waals surface area contributed by atoms with Crippen molar-refractivity contribution in [3.63, 3.8) is 0 Å². The van der Waals surface area contributed by atoms with E-state index in [-0.39, 0.29) is 30.8 Å². The zero-order chi connectivity index (χ0) is 36.9. The number of hydrogen-bond acceptors (Lipinski definition) is 3. The molecule has 0 saturated carbocycles. The average Bonchev–Trinajstić information content (AvgIpc) is 3.61. The third kappa shape index (κ3) is 3.69. The molecule has 0 aromatic heterocycles. The van der Waals surface area contributed by atoms with Crippen LogP contribution in [-0.2, 0) is 23.0 Å². The van der Waals surface area contributed by atoms with Crippen molar-refractivity contribution in [2.75, 3.05) is 26.2 Å². The number of nitrogens with two attached hydrogens (primary N) is 1. The molecule has 0 bridgehead atoms. The monoisotopic (exact) mass is 443 g/mol. The zero-order valence-electron chi connectivity index (χ0n) is 34.0. The lowest BCUT2D eigenvalue weighted by molar-refractivity contribution is -0.123. The first kappa shape index (κ1) is 9.03. The fourth-order valence-electron chi connectivity index (χ4n) is 4.29. The first-order valence-corrected chi connectivity index (χ1v) is 10.00. The molecule has 164 valence electrons. The van der Waals surface area contributed by atoms with Crippen LogP contribution in [-0.4, -0.2) is 37.0 Å². The van der Waals surface area contributed by atoms with Gasteiger partial charge in [-0.1, -0.05) is 72.5 Å². The van der Waals surface area contributed by atoms with Crippen molar-refractivity contribution in [3.8, 4) is 5.75 Å². The van der Waals surface area contributed by atoms with Crippen LogP contribution in [0, 0.1) is 5.92 Å². The first-order valence-electron chi connectivity index (χ1n) is 18.5. The highest BCUT2D eigenvalue weighted by Crippen LogP contribution is 2.43. The standard InChI is InChI=1S/C28H30N2O2/c29-27(31)28(23-7-3-1-4-8-23,24-9-5-2-6-10-24)25-14-17-30(20-25)16-13-21-11-12-26-22(19-21)15-18-32-26/h1-12,19,25H,13-18,20H2,(H2,29,31)/t25-/m1/s1/i1D,2D,3D,4D,5D,6D,7D,8D,9D,10D,11D,12D,13D2,15D2,19D. The van der Waals surface area contributed by atoms with Gasteiger partial charge < -0.3 is 15.4 Å². The van der Waals surface area contributed by atoms with E-state index in [1.165, 1.54) is 4.90 Å². The molecule has 0 radical (unpaired) electrons. The first-order chi connectivity index (χ1) is 22.5. The number of nitrogens with zero attached hydrogens (tertiary/aromatic N) is 1.